The summed E-state index contributed by atoms with van der Waals surface area (Å²) in [7, 11) is 3.66. The number of benzene rings is 2. The van der Waals surface area contributed by atoms with E-state index < -0.39 is 0 Å². The number of anilines is 1. The molecule has 0 radical (unpaired) electrons. The third-order valence-corrected chi connectivity index (χ3v) is 4.68. The van der Waals surface area contributed by atoms with Gasteiger partial charge < -0.3 is 9.80 Å². The molecule has 1 aliphatic rings. The van der Waals surface area contributed by atoms with E-state index >= 15 is 0 Å². The van der Waals surface area contributed by atoms with E-state index in [-0.39, 0.29) is 24.4 Å². The summed E-state index contributed by atoms with van der Waals surface area (Å²) in [5, 5.41) is 8.34. The second-order valence-corrected chi connectivity index (χ2v) is 6.35. The molecule has 6 nitrogen and oxygen atoms in total. The van der Waals surface area contributed by atoms with Gasteiger partial charge in [0.1, 0.15) is 11.5 Å². The molecule has 0 spiro atoms. The zero-order chi connectivity index (χ0) is 18.3. The van der Waals surface area contributed by atoms with Crippen molar-refractivity contribution in [3.8, 4) is 0 Å². The fourth-order valence-electron chi connectivity index (χ4n) is 3.36. The van der Waals surface area contributed by atoms with E-state index in [2.05, 4.69) is 10.3 Å². The summed E-state index contributed by atoms with van der Waals surface area (Å²) in [6.07, 6.45) is 1.39. The van der Waals surface area contributed by atoms with E-state index in [1.165, 1.54) is 6.07 Å². The first kappa shape index (κ1) is 16.3. The summed E-state index contributed by atoms with van der Waals surface area (Å²) in [4.78, 5) is 16.3. The standard InChI is InChI=1S/C19H18FN5O/c1-23-17-10-6-4-8-14(17)19(26)24(2)18(23)16-12-25(22-21-16)11-13-7-3-5-9-15(13)20/h3-10,12,18H,11H2,1-2H3/t18-/m1/s1. The van der Waals surface area contributed by atoms with E-state index in [1.807, 2.05) is 36.2 Å². The Balaban J connectivity index is 1.65. The Morgan fingerprint density at radius 2 is 1.77 bits per heavy atom. The smallest absolute Gasteiger partial charge is 0.257 e. The SMILES string of the molecule is CN1C(=O)c2ccccc2N(C)[C@H]1c1cn(Cc2ccccc2F)nn1. The maximum Gasteiger partial charge on any atom is 0.257 e. The van der Waals surface area contributed by atoms with Crippen LogP contribution in [0, 0.1) is 5.82 Å². The van der Waals surface area contributed by atoms with Crippen molar-refractivity contribution in [2.24, 2.45) is 0 Å². The number of carbonyl (C=O) groups is 1. The van der Waals surface area contributed by atoms with Gasteiger partial charge in [0.25, 0.3) is 5.91 Å². The van der Waals surface area contributed by atoms with Crippen LogP contribution in [-0.4, -0.2) is 39.9 Å². The quantitative estimate of drug-likeness (QED) is 0.728. The molecule has 0 saturated heterocycles. The number of hydrogen-bond acceptors (Lipinski definition) is 4. The lowest BCUT2D eigenvalue weighted by atomic mass is 10.1. The van der Waals surface area contributed by atoms with Crippen LogP contribution in [0.4, 0.5) is 10.1 Å². The van der Waals surface area contributed by atoms with Crippen LogP contribution < -0.4 is 4.90 Å². The summed E-state index contributed by atoms with van der Waals surface area (Å²) >= 11 is 0. The number of nitrogens with zero attached hydrogens (tertiary/aromatic N) is 5. The molecular formula is C19H18FN5O. The first-order valence-electron chi connectivity index (χ1n) is 8.28. The number of hydrogen-bond donors (Lipinski definition) is 0. The molecule has 0 fully saturated rings. The number of fused-ring (bicyclic) bond motifs is 1. The monoisotopic (exact) mass is 351 g/mol. The highest BCUT2D eigenvalue weighted by atomic mass is 19.1. The summed E-state index contributed by atoms with van der Waals surface area (Å²) in [5.41, 5.74) is 2.68. The highest BCUT2D eigenvalue weighted by Crippen LogP contribution is 2.35. The first-order chi connectivity index (χ1) is 12.6. The van der Waals surface area contributed by atoms with Gasteiger partial charge in [0.2, 0.25) is 0 Å². The predicted octanol–water partition coefficient (Wildman–Crippen LogP) is 2.69. The Morgan fingerprint density at radius 3 is 2.58 bits per heavy atom. The van der Waals surface area contributed by atoms with Crippen LogP contribution >= 0.6 is 0 Å². The molecule has 1 aromatic heterocycles. The van der Waals surface area contributed by atoms with Crippen LogP contribution in [0.3, 0.4) is 0 Å². The molecule has 0 aliphatic carbocycles. The van der Waals surface area contributed by atoms with E-state index in [9.17, 15) is 9.18 Å². The van der Waals surface area contributed by atoms with Crippen LogP contribution in [0.5, 0.6) is 0 Å². The molecule has 26 heavy (non-hydrogen) atoms. The van der Waals surface area contributed by atoms with Crippen molar-refractivity contribution in [3.63, 3.8) is 0 Å². The molecule has 2 heterocycles. The van der Waals surface area contributed by atoms with Gasteiger partial charge in [-0.2, -0.15) is 0 Å². The molecule has 7 heteroatoms. The zero-order valence-electron chi connectivity index (χ0n) is 14.5. The third kappa shape index (κ3) is 2.61. The summed E-state index contributed by atoms with van der Waals surface area (Å²) in [5.74, 6) is -0.340. The Kier molecular flexibility index (Phi) is 3.91. The van der Waals surface area contributed by atoms with Gasteiger partial charge in [0, 0.05) is 19.7 Å². The topological polar surface area (TPSA) is 54.3 Å². The molecule has 0 N–H and O–H groups in total. The van der Waals surface area contributed by atoms with Gasteiger partial charge in [-0.1, -0.05) is 35.5 Å². The van der Waals surface area contributed by atoms with Crippen LogP contribution in [0.1, 0.15) is 27.8 Å². The molecule has 2 aromatic carbocycles. The molecular weight excluding hydrogens is 333 g/mol. The Bertz CT molecular complexity index is 970. The Labute approximate surface area is 150 Å². The molecule has 132 valence electrons. The van der Waals surface area contributed by atoms with Crippen molar-refractivity contribution < 1.29 is 9.18 Å². The highest BCUT2D eigenvalue weighted by molar-refractivity contribution is 6.01. The van der Waals surface area contributed by atoms with Crippen molar-refractivity contribution >= 4 is 11.6 Å². The number of carbonyl (C=O) groups excluding carboxylic acids is 1. The number of amides is 1. The lowest BCUT2D eigenvalue weighted by molar-refractivity contribution is 0.0707. The van der Waals surface area contributed by atoms with Gasteiger partial charge in [-0.3, -0.25) is 4.79 Å². The molecule has 0 saturated carbocycles. The molecule has 0 unspecified atom stereocenters. The molecule has 4 rings (SSSR count). The Morgan fingerprint density at radius 1 is 1.04 bits per heavy atom. The summed E-state index contributed by atoms with van der Waals surface area (Å²) in [6.45, 7) is 0.282. The minimum atomic E-state index is -0.369. The second kappa shape index (κ2) is 6.25. The van der Waals surface area contributed by atoms with Crippen LogP contribution in [0.25, 0.3) is 0 Å². The van der Waals surface area contributed by atoms with Crippen LogP contribution in [-0.2, 0) is 6.54 Å². The highest BCUT2D eigenvalue weighted by Gasteiger charge is 2.35. The zero-order valence-corrected chi connectivity index (χ0v) is 14.5. The largest absolute Gasteiger partial charge is 0.348 e. The van der Waals surface area contributed by atoms with Gasteiger partial charge in [-0.15, -0.1) is 5.10 Å². The van der Waals surface area contributed by atoms with Crippen molar-refractivity contribution in [2.45, 2.75) is 12.7 Å². The van der Waals surface area contributed by atoms with Crippen LogP contribution in [0.2, 0.25) is 0 Å². The fourth-order valence-corrected chi connectivity index (χ4v) is 3.36. The van der Waals surface area contributed by atoms with Gasteiger partial charge in [-0.05, 0) is 18.2 Å². The normalized spacial score (nSPS) is 16.7. The number of para-hydroxylation sites is 1. The van der Waals surface area contributed by atoms with E-state index in [0.717, 1.165) is 5.69 Å². The van der Waals surface area contributed by atoms with E-state index in [0.29, 0.717) is 16.8 Å². The van der Waals surface area contributed by atoms with E-state index in [1.54, 1.807) is 41.0 Å². The van der Waals surface area contributed by atoms with Gasteiger partial charge in [0.15, 0.2) is 6.17 Å². The van der Waals surface area contributed by atoms with Crippen molar-refractivity contribution in [3.05, 3.63) is 77.4 Å². The first-order valence-corrected chi connectivity index (χ1v) is 8.28. The lowest BCUT2D eigenvalue weighted by Crippen LogP contribution is -2.45. The molecule has 3 aromatic rings. The summed E-state index contributed by atoms with van der Waals surface area (Å²) < 4.78 is 15.4. The third-order valence-electron chi connectivity index (χ3n) is 4.68. The Hall–Kier alpha value is -3.22. The minimum Gasteiger partial charge on any atom is -0.348 e. The maximum atomic E-state index is 13.9. The molecule has 1 atom stereocenters. The molecule has 1 amide bonds. The number of aromatic nitrogens is 3. The predicted molar refractivity (Wildman–Crippen MR) is 95.2 cm³/mol. The van der Waals surface area contributed by atoms with Gasteiger partial charge >= 0.3 is 0 Å². The average molecular weight is 351 g/mol. The fraction of sp³-hybridized carbons (Fsp3) is 0.211. The lowest BCUT2D eigenvalue weighted by Gasteiger charge is -2.40. The van der Waals surface area contributed by atoms with E-state index in [4.69, 9.17) is 0 Å². The van der Waals surface area contributed by atoms with Gasteiger partial charge in [0.05, 0.1) is 24.0 Å². The number of halogens is 1. The molecule has 0 bridgehead atoms. The van der Waals surface area contributed by atoms with Crippen molar-refractivity contribution in [1.29, 1.82) is 0 Å². The van der Waals surface area contributed by atoms with Gasteiger partial charge in [-0.25, -0.2) is 9.07 Å². The van der Waals surface area contributed by atoms with Crippen molar-refractivity contribution in [1.82, 2.24) is 19.9 Å². The molecule has 1 aliphatic heterocycles. The second-order valence-electron chi connectivity index (χ2n) is 6.35. The minimum absolute atomic E-state index is 0.0626. The van der Waals surface area contributed by atoms with Crippen molar-refractivity contribution in [2.75, 3.05) is 19.0 Å². The summed E-state index contributed by atoms with van der Waals surface area (Å²) in [6, 6.07) is 14.1. The van der Waals surface area contributed by atoms with Crippen LogP contribution in [0.15, 0.2) is 54.7 Å². The average Bonchev–Trinajstić information content (AvgIpc) is 3.10. The maximum absolute atomic E-state index is 13.9. The number of rotatable bonds is 3.